The van der Waals surface area contributed by atoms with E-state index in [1.165, 1.54) is 77.0 Å². The van der Waals surface area contributed by atoms with Crippen molar-refractivity contribution >= 4 is 11.8 Å². The van der Waals surface area contributed by atoms with Crippen LogP contribution in [0, 0.1) is 0 Å². The highest BCUT2D eigenvalue weighted by Crippen LogP contribution is 2.56. The molecule has 0 aromatic carbocycles. The topological polar surface area (TPSA) is 59.1 Å². The molecule has 4 rings (SSSR count). The molecule has 4 heterocycles. The molecule has 4 saturated heterocycles. The molecule has 0 aromatic heterocycles. The first-order valence-electron chi connectivity index (χ1n) is 14.2. The number of hydrogen-bond acceptors (Lipinski definition) is 5. The Kier molecular flexibility index (Phi) is 10.6. The minimum Gasteiger partial charge on any atom is -0.379 e. The lowest BCUT2D eigenvalue weighted by Crippen LogP contribution is -2.70. The molecule has 6 nitrogen and oxygen atoms in total. The highest BCUT2D eigenvalue weighted by Gasteiger charge is 2.82. The van der Waals surface area contributed by atoms with E-state index in [0.717, 1.165) is 29.9 Å². The summed E-state index contributed by atoms with van der Waals surface area (Å²) in [4.78, 5) is 34.2. The molecule has 4 aliphatic rings. The van der Waals surface area contributed by atoms with Gasteiger partial charge in [0.15, 0.2) is 0 Å². The lowest BCUT2D eigenvalue weighted by molar-refractivity contribution is -0.265. The van der Waals surface area contributed by atoms with E-state index >= 15 is 0 Å². The third kappa shape index (κ3) is 5.29. The molecule has 2 atom stereocenters. The molecule has 0 spiro atoms. The molecule has 0 saturated carbocycles. The largest absolute Gasteiger partial charge is 0.379 e. The van der Waals surface area contributed by atoms with E-state index in [4.69, 9.17) is 9.57 Å². The van der Waals surface area contributed by atoms with Gasteiger partial charge in [-0.1, -0.05) is 104 Å². The lowest BCUT2D eigenvalue weighted by Gasteiger charge is -2.49. The maximum atomic E-state index is 13.2. The van der Waals surface area contributed by atoms with E-state index in [9.17, 15) is 9.59 Å². The van der Waals surface area contributed by atoms with Gasteiger partial charge in [0.2, 0.25) is 5.60 Å². The highest BCUT2D eigenvalue weighted by atomic mass is 16.8. The normalized spacial score (nSPS) is 26.8. The molecule has 194 valence electrons. The van der Waals surface area contributed by atoms with E-state index in [0.29, 0.717) is 32.7 Å². The van der Waals surface area contributed by atoms with Crippen molar-refractivity contribution in [2.45, 2.75) is 128 Å². The third-order valence-electron chi connectivity index (χ3n) is 8.23. The standard InChI is InChI=1S/C28H48N2O4/c1-4-6-7-8-9-10-11-12-13-14-15-16-17-18-19-24(3)28-26(32)30(34-28)25(31)27(28,5-2)29-20-22-33-23-21-29/h3-23H2,1-2H3. The van der Waals surface area contributed by atoms with Crippen molar-refractivity contribution in [1.82, 2.24) is 9.96 Å². The van der Waals surface area contributed by atoms with Gasteiger partial charge in [-0.25, -0.2) is 4.84 Å². The Morgan fingerprint density at radius 1 is 0.794 bits per heavy atom. The van der Waals surface area contributed by atoms with Gasteiger partial charge in [-0.05, 0) is 24.8 Å². The smallest absolute Gasteiger partial charge is 0.295 e. The first-order chi connectivity index (χ1) is 16.6. The molecule has 2 amide bonds. The molecule has 2 unspecified atom stereocenters. The fourth-order valence-corrected chi connectivity index (χ4v) is 6.17. The Labute approximate surface area is 207 Å². The number of carbonyl (C=O) groups is 2. The minimum absolute atomic E-state index is 0.219. The predicted octanol–water partition coefficient (Wildman–Crippen LogP) is 5.95. The quantitative estimate of drug-likeness (QED) is 0.139. The molecular weight excluding hydrogens is 428 g/mol. The summed E-state index contributed by atoms with van der Waals surface area (Å²) in [7, 11) is 0. The van der Waals surface area contributed by atoms with Crippen LogP contribution in [0.1, 0.15) is 117 Å². The first-order valence-corrected chi connectivity index (χ1v) is 14.2. The van der Waals surface area contributed by atoms with Crippen molar-refractivity contribution in [3.63, 3.8) is 0 Å². The Morgan fingerprint density at radius 2 is 1.29 bits per heavy atom. The number of imide groups is 1. The number of carbonyl (C=O) groups excluding carboxylic acids is 2. The van der Waals surface area contributed by atoms with Crippen LogP contribution in [0.25, 0.3) is 0 Å². The molecule has 2 bridgehead atoms. The summed E-state index contributed by atoms with van der Waals surface area (Å²) in [6, 6.07) is 0. The van der Waals surface area contributed by atoms with E-state index in [1.54, 1.807) is 0 Å². The SMILES string of the molecule is C=C(CCCCCCCCCCCCCCCC)C12ON(C1=O)C(=O)C2(CC)N1CCOCC1. The monoisotopic (exact) mass is 476 g/mol. The van der Waals surface area contributed by atoms with Crippen LogP contribution >= 0.6 is 0 Å². The molecular formula is C28H48N2O4. The number of rotatable bonds is 18. The number of unbranched alkanes of at least 4 members (excludes halogenated alkanes) is 13. The number of nitrogens with zero attached hydrogens (tertiary/aromatic N) is 2. The molecule has 34 heavy (non-hydrogen) atoms. The molecule has 4 fully saturated rings. The third-order valence-corrected chi connectivity index (χ3v) is 8.23. The van der Waals surface area contributed by atoms with Crippen LogP contribution in [-0.2, 0) is 19.2 Å². The van der Waals surface area contributed by atoms with Crippen molar-refractivity contribution < 1.29 is 19.2 Å². The Hall–Kier alpha value is -1.24. The number of fused-ring (bicyclic) bond motifs is 1. The number of morpholine rings is 1. The zero-order valence-corrected chi connectivity index (χ0v) is 21.9. The van der Waals surface area contributed by atoms with Gasteiger partial charge in [-0.3, -0.25) is 14.5 Å². The van der Waals surface area contributed by atoms with Gasteiger partial charge in [0.25, 0.3) is 11.8 Å². The second kappa shape index (κ2) is 13.2. The van der Waals surface area contributed by atoms with Gasteiger partial charge in [0, 0.05) is 13.1 Å². The second-order valence-corrected chi connectivity index (χ2v) is 10.4. The Morgan fingerprint density at radius 3 is 1.76 bits per heavy atom. The van der Waals surface area contributed by atoms with Crippen molar-refractivity contribution in [1.29, 1.82) is 0 Å². The van der Waals surface area contributed by atoms with Gasteiger partial charge in [-0.15, -0.1) is 5.06 Å². The first kappa shape index (κ1) is 27.3. The van der Waals surface area contributed by atoms with E-state index in [-0.39, 0.29) is 11.8 Å². The van der Waals surface area contributed by atoms with Crippen LogP contribution < -0.4 is 0 Å². The van der Waals surface area contributed by atoms with Crippen LogP contribution in [-0.4, -0.2) is 59.2 Å². The fourth-order valence-electron chi connectivity index (χ4n) is 6.17. The molecule has 0 radical (unpaired) electrons. The van der Waals surface area contributed by atoms with Gasteiger partial charge in [0.1, 0.15) is 5.54 Å². The van der Waals surface area contributed by atoms with E-state index in [1.807, 2.05) is 6.92 Å². The molecule has 4 aliphatic heterocycles. The second-order valence-electron chi connectivity index (χ2n) is 10.4. The van der Waals surface area contributed by atoms with Gasteiger partial charge in [-0.2, -0.15) is 0 Å². The fraction of sp³-hybridized carbons (Fsp3) is 0.857. The van der Waals surface area contributed by atoms with Gasteiger partial charge in [0.05, 0.1) is 13.2 Å². The Balaban J connectivity index is 1.34. The summed E-state index contributed by atoms with van der Waals surface area (Å²) in [5.41, 5.74) is -1.39. The van der Waals surface area contributed by atoms with E-state index in [2.05, 4.69) is 18.4 Å². The number of amides is 2. The number of hydroxylamine groups is 2. The van der Waals surface area contributed by atoms with Gasteiger partial charge < -0.3 is 4.74 Å². The average molecular weight is 477 g/mol. The molecule has 6 heteroatoms. The predicted molar refractivity (Wildman–Crippen MR) is 135 cm³/mol. The van der Waals surface area contributed by atoms with Crippen LogP contribution in [0.15, 0.2) is 12.2 Å². The maximum absolute atomic E-state index is 13.2. The molecule has 0 aromatic rings. The Bertz CT molecular complexity index is 690. The molecule has 0 N–H and O–H groups in total. The number of hydrogen-bond donors (Lipinski definition) is 0. The maximum Gasteiger partial charge on any atom is 0.295 e. The summed E-state index contributed by atoms with van der Waals surface area (Å²) in [6.45, 7) is 11.0. The average Bonchev–Trinajstić information content (AvgIpc) is 3.24. The summed E-state index contributed by atoms with van der Waals surface area (Å²) in [6.07, 6.45) is 19.7. The minimum atomic E-state index is -1.20. The summed E-state index contributed by atoms with van der Waals surface area (Å²) in [5.74, 6) is -0.440. The van der Waals surface area contributed by atoms with Crippen LogP contribution in [0.4, 0.5) is 0 Å². The summed E-state index contributed by atoms with van der Waals surface area (Å²) >= 11 is 0. The van der Waals surface area contributed by atoms with Crippen molar-refractivity contribution in [2.24, 2.45) is 0 Å². The lowest BCUT2D eigenvalue weighted by atomic mass is 9.72. The van der Waals surface area contributed by atoms with E-state index < -0.39 is 11.1 Å². The highest BCUT2D eigenvalue weighted by molar-refractivity contribution is 6.18. The van der Waals surface area contributed by atoms with Crippen molar-refractivity contribution in [3.05, 3.63) is 12.2 Å². The van der Waals surface area contributed by atoms with Crippen LogP contribution in [0.5, 0.6) is 0 Å². The zero-order valence-electron chi connectivity index (χ0n) is 21.9. The van der Waals surface area contributed by atoms with Crippen LogP contribution in [0.2, 0.25) is 0 Å². The molecule has 0 aliphatic carbocycles. The van der Waals surface area contributed by atoms with Crippen molar-refractivity contribution in [2.75, 3.05) is 26.3 Å². The van der Waals surface area contributed by atoms with Crippen molar-refractivity contribution in [3.8, 4) is 0 Å². The number of ether oxygens (including phenoxy) is 1. The van der Waals surface area contributed by atoms with Gasteiger partial charge >= 0.3 is 0 Å². The summed E-state index contributed by atoms with van der Waals surface area (Å²) < 4.78 is 5.50. The summed E-state index contributed by atoms with van der Waals surface area (Å²) in [5, 5.41) is 0.981. The zero-order chi connectivity index (χ0) is 24.4. The van der Waals surface area contributed by atoms with Crippen LogP contribution in [0.3, 0.4) is 0 Å².